The molecule has 2 heterocycles. The van der Waals surface area contributed by atoms with E-state index in [9.17, 15) is 9.59 Å². The van der Waals surface area contributed by atoms with Crippen LogP contribution in [-0.4, -0.2) is 42.9 Å². The molecule has 0 aliphatic carbocycles. The lowest BCUT2D eigenvalue weighted by molar-refractivity contribution is -0.117. The van der Waals surface area contributed by atoms with Gasteiger partial charge in [0.25, 0.3) is 0 Å². The van der Waals surface area contributed by atoms with E-state index in [-0.39, 0.29) is 24.2 Å². The van der Waals surface area contributed by atoms with Gasteiger partial charge in [-0.2, -0.15) is 0 Å². The Balaban J connectivity index is 1.48. The largest absolute Gasteiger partial charge is 0.475 e. The van der Waals surface area contributed by atoms with Crippen LogP contribution < -0.4 is 5.32 Å². The molecule has 0 spiro atoms. The van der Waals surface area contributed by atoms with Crippen LogP contribution in [0.2, 0.25) is 0 Å². The van der Waals surface area contributed by atoms with Gasteiger partial charge in [-0.25, -0.2) is 4.79 Å². The summed E-state index contributed by atoms with van der Waals surface area (Å²) in [6, 6.07) is 6.41. The molecule has 0 bridgehead atoms. The second kappa shape index (κ2) is 7.46. The van der Waals surface area contributed by atoms with E-state index in [4.69, 9.17) is 19.0 Å². The molecule has 24 heavy (non-hydrogen) atoms. The number of carboxylic acid groups (broad SMARTS) is 1. The van der Waals surface area contributed by atoms with Gasteiger partial charge < -0.3 is 24.3 Å². The molecule has 7 heteroatoms. The summed E-state index contributed by atoms with van der Waals surface area (Å²) in [5.41, 5.74) is 1.05. The predicted molar refractivity (Wildman–Crippen MR) is 86.2 cm³/mol. The van der Waals surface area contributed by atoms with Gasteiger partial charge in [-0.15, -0.1) is 0 Å². The topological polar surface area (TPSA) is 98.0 Å². The molecule has 0 saturated carbocycles. The molecule has 7 nitrogen and oxygen atoms in total. The molecule has 128 valence electrons. The van der Waals surface area contributed by atoms with Crippen LogP contribution in [0.3, 0.4) is 0 Å². The molecular formula is C17H19NO6. The number of aromatic carboxylic acids is 1. The van der Waals surface area contributed by atoms with Gasteiger partial charge in [0.2, 0.25) is 11.7 Å². The summed E-state index contributed by atoms with van der Waals surface area (Å²) in [5.74, 6) is -1.42. The Morgan fingerprint density at radius 3 is 2.96 bits per heavy atom. The van der Waals surface area contributed by atoms with Crippen LogP contribution in [0.5, 0.6) is 0 Å². The number of fused-ring (bicyclic) bond motifs is 1. The molecule has 1 saturated heterocycles. The third-order valence-corrected chi connectivity index (χ3v) is 3.81. The molecule has 1 aromatic heterocycles. The smallest absolute Gasteiger partial charge is 0.371 e. The summed E-state index contributed by atoms with van der Waals surface area (Å²) in [6.07, 6.45) is 2.47. The normalized spacial score (nSPS) is 17.2. The molecule has 0 radical (unpaired) electrons. The molecule has 1 aromatic carbocycles. The number of rotatable bonds is 7. The maximum atomic E-state index is 11.9. The minimum Gasteiger partial charge on any atom is -0.475 e. The van der Waals surface area contributed by atoms with E-state index in [1.807, 2.05) is 0 Å². The van der Waals surface area contributed by atoms with Gasteiger partial charge >= 0.3 is 5.97 Å². The third-order valence-electron chi connectivity index (χ3n) is 3.81. The number of nitrogens with one attached hydrogen (secondary N) is 1. The summed E-state index contributed by atoms with van der Waals surface area (Å²) in [7, 11) is 0. The number of carboxylic acids is 1. The van der Waals surface area contributed by atoms with Crippen LogP contribution in [0, 0.1) is 0 Å². The highest BCUT2D eigenvalue weighted by atomic mass is 16.5. The predicted octanol–water partition coefficient (Wildman–Crippen LogP) is 2.66. The van der Waals surface area contributed by atoms with Crippen molar-refractivity contribution in [3.05, 3.63) is 30.0 Å². The van der Waals surface area contributed by atoms with E-state index in [0.717, 1.165) is 19.4 Å². The van der Waals surface area contributed by atoms with E-state index in [2.05, 4.69) is 5.32 Å². The molecule has 1 atom stereocenters. The van der Waals surface area contributed by atoms with E-state index in [1.165, 1.54) is 6.07 Å². The Morgan fingerprint density at radius 2 is 2.21 bits per heavy atom. The number of furan rings is 1. The number of carbonyl (C=O) groups excluding carboxylic acids is 1. The van der Waals surface area contributed by atoms with Gasteiger partial charge in [0.15, 0.2) is 0 Å². The zero-order valence-electron chi connectivity index (χ0n) is 13.1. The van der Waals surface area contributed by atoms with Crippen molar-refractivity contribution in [2.75, 3.05) is 25.1 Å². The average Bonchev–Trinajstić information content (AvgIpc) is 3.20. The minimum atomic E-state index is -1.12. The van der Waals surface area contributed by atoms with Gasteiger partial charge in [-0.3, -0.25) is 4.79 Å². The van der Waals surface area contributed by atoms with Crippen molar-refractivity contribution in [2.24, 2.45) is 0 Å². The molecule has 3 rings (SSSR count). The third kappa shape index (κ3) is 4.12. The van der Waals surface area contributed by atoms with Crippen molar-refractivity contribution in [2.45, 2.75) is 25.4 Å². The second-order valence-corrected chi connectivity index (χ2v) is 5.68. The van der Waals surface area contributed by atoms with Crippen LogP contribution >= 0.6 is 0 Å². The maximum absolute atomic E-state index is 11.9. The first-order chi connectivity index (χ1) is 11.6. The average molecular weight is 333 g/mol. The van der Waals surface area contributed by atoms with Gasteiger partial charge in [0.05, 0.1) is 25.7 Å². The van der Waals surface area contributed by atoms with E-state index in [0.29, 0.717) is 29.9 Å². The standard InChI is InChI=1S/C17H19NO6/c19-16(5-7-22-10-13-2-1-6-23-13)18-12-3-4-14-11(8-12)9-15(24-14)17(20)21/h3-4,8-9,13H,1-2,5-7,10H2,(H,18,19)(H,20,21). The van der Waals surface area contributed by atoms with Gasteiger partial charge in [-0.05, 0) is 37.1 Å². The zero-order chi connectivity index (χ0) is 16.9. The molecule has 1 amide bonds. The van der Waals surface area contributed by atoms with Crippen LogP contribution in [-0.2, 0) is 14.3 Å². The lowest BCUT2D eigenvalue weighted by Gasteiger charge is -2.10. The number of hydrogen-bond donors (Lipinski definition) is 2. The van der Waals surface area contributed by atoms with Crippen molar-refractivity contribution in [1.29, 1.82) is 0 Å². The monoisotopic (exact) mass is 333 g/mol. The van der Waals surface area contributed by atoms with Crippen LogP contribution in [0.25, 0.3) is 11.0 Å². The molecule has 2 aromatic rings. The second-order valence-electron chi connectivity index (χ2n) is 5.68. The highest BCUT2D eigenvalue weighted by Gasteiger charge is 2.15. The summed E-state index contributed by atoms with van der Waals surface area (Å²) in [6.45, 7) is 1.64. The minimum absolute atomic E-state index is 0.129. The molecule has 2 N–H and O–H groups in total. The van der Waals surface area contributed by atoms with Crippen molar-refractivity contribution < 1.29 is 28.6 Å². The Morgan fingerprint density at radius 1 is 1.33 bits per heavy atom. The Bertz CT molecular complexity index is 732. The van der Waals surface area contributed by atoms with Crippen LogP contribution in [0.4, 0.5) is 5.69 Å². The molecule has 1 unspecified atom stereocenters. The summed E-state index contributed by atoms with van der Waals surface area (Å²) >= 11 is 0. The van der Waals surface area contributed by atoms with Crippen molar-refractivity contribution in [3.63, 3.8) is 0 Å². The number of amides is 1. The lowest BCUT2D eigenvalue weighted by Crippen LogP contribution is -2.18. The highest BCUT2D eigenvalue weighted by Crippen LogP contribution is 2.23. The maximum Gasteiger partial charge on any atom is 0.371 e. The zero-order valence-corrected chi connectivity index (χ0v) is 13.1. The number of carbonyl (C=O) groups is 2. The van der Waals surface area contributed by atoms with Crippen molar-refractivity contribution >= 4 is 28.5 Å². The van der Waals surface area contributed by atoms with Gasteiger partial charge in [-0.1, -0.05) is 0 Å². The lowest BCUT2D eigenvalue weighted by atomic mass is 10.2. The fourth-order valence-electron chi connectivity index (χ4n) is 2.61. The van der Waals surface area contributed by atoms with E-state index in [1.54, 1.807) is 18.2 Å². The summed E-state index contributed by atoms with van der Waals surface area (Å²) in [4.78, 5) is 22.8. The fraction of sp³-hybridized carbons (Fsp3) is 0.412. The fourth-order valence-corrected chi connectivity index (χ4v) is 2.61. The Labute approximate surface area is 138 Å². The Hall–Kier alpha value is -2.38. The van der Waals surface area contributed by atoms with E-state index < -0.39 is 5.97 Å². The number of anilines is 1. The Kier molecular flexibility index (Phi) is 5.12. The number of hydrogen-bond acceptors (Lipinski definition) is 5. The van der Waals surface area contributed by atoms with Crippen LogP contribution in [0.15, 0.2) is 28.7 Å². The van der Waals surface area contributed by atoms with E-state index >= 15 is 0 Å². The number of ether oxygens (including phenoxy) is 2. The van der Waals surface area contributed by atoms with Gasteiger partial charge in [0, 0.05) is 17.7 Å². The molecular weight excluding hydrogens is 314 g/mol. The quantitative estimate of drug-likeness (QED) is 0.756. The van der Waals surface area contributed by atoms with Crippen molar-refractivity contribution in [1.82, 2.24) is 0 Å². The first-order valence-electron chi connectivity index (χ1n) is 7.88. The summed E-state index contributed by atoms with van der Waals surface area (Å²) < 4.78 is 16.1. The molecule has 1 aliphatic rings. The first-order valence-corrected chi connectivity index (χ1v) is 7.88. The first kappa shape index (κ1) is 16.5. The van der Waals surface area contributed by atoms with Crippen molar-refractivity contribution in [3.8, 4) is 0 Å². The molecule has 1 aliphatic heterocycles. The van der Waals surface area contributed by atoms with Crippen LogP contribution in [0.1, 0.15) is 29.8 Å². The summed E-state index contributed by atoms with van der Waals surface area (Å²) in [5, 5.41) is 12.3. The van der Waals surface area contributed by atoms with Gasteiger partial charge in [0.1, 0.15) is 5.58 Å². The highest BCUT2D eigenvalue weighted by molar-refractivity contribution is 5.95. The SMILES string of the molecule is O=C(CCOCC1CCCO1)Nc1ccc2oc(C(=O)O)cc2c1. The number of benzene rings is 1. The molecule has 1 fully saturated rings.